The average Bonchev–Trinajstić information content (AvgIpc) is 3.69. The first kappa shape index (κ1) is 37.2. The van der Waals surface area contributed by atoms with Gasteiger partial charge >= 0.3 is 12.4 Å². The maximum absolute atomic E-state index is 13.9. The molecule has 5 heterocycles. The monoisotopic (exact) mass is 749 g/mol. The highest BCUT2D eigenvalue weighted by molar-refractivity contribution is 6.32. The number of alkyl halides is 6. The zero-order valence-electron chi connectivity index (χ0n) is 29.0. The number of benzene rings is 1. The van der Waals surface area contributed by atoms with Gasteiger partial charge in [0.05, 0.1) is 23.4 Å². The van der Waals surface area contributed by atoms with Gasteiger partial charge in [-0.2, -0.15) is 31.3 Å². The Morgan fingerprint density at radius 3 is 2.10 bits per heavy atom. The van der Waals surface area contributed by atoms with E-state index in [0.717, 1.165) is 23.4 Å². The van der Waals surface area contributed by atoms with Crippen LogP contribution in [0, 0.1) is 6.92 Å². The van der Waals surface area contributed by atoms with Crippen molar-refractivity contribution in [2.75, 3.05) is 47.4 Å². The summed E-state index contributed by atoms with van der Waals surface area (Å²) < 4.78 is 85.2. The van der Waals surface area contributed by atoms with Crippen molar-refractivity contribution in [2.45, 2.75) is 64.6 Å². The standard InChI is InChI=1S/C35H38ClF6N9O/c1-5-28-14-29(20-50(28)31-30(36)17-45-33(46-31)49-8-6-48(7-9-49)22(3)52)51(32-43-15-25(16-44-32)24-10-21(2)47(4)19-24)18-23-11-26(34(37,38)39)13-27(12-23)35(40,41)42/h10-13,15-17,19,28-29H,5-9,14,18,20H2,1-4H3. The minimum absolute atomic E-state index is 0.00985. The number of aromatic nitrogens is 5. The molecule has 0 N–H and O–H groups in total. The second-order valence-electron chi connectivity index (χ2n) is 13.2. The van der Waals surface area contributed by atoms with Gasteiger partial charge in [-0.05, 0) is 49.6 Å². The molecule has 2 aliphatic heterocycles. The van der Waals surface area contributed by atoms with Crippen molar-refractivity contribution in [3.8, 4) is 11.1 Å². The summed E-state index contributed by atoms with van der Waals surface area (Å²) in [7, 11) is 1.90. The molecular weight excluding hydrogens is 712 g/mol. The summed E-state index contributed by atoms with van der Waals surface area (Å²) in [5, 5.41) is 0.295. The molecule has 1 amide bonds. The zero-order chi connectivity index (χ0) is 37.5. The molecule has 0 aliphatic carbocycles. The van der Waals surface area contributed by atoms with Crippen LogP contribution in [-0.2, 0) is 30.7 Å². The topological polar surface area (TPSA) is 86.5 Å². The molecule has 2 fully saturated rings. The first-order valence-electron chi connectivity index (χ1n) is 16.8. The largest absolute Gasteiger partial charge is 0.416 e. The van der Waals surface area contributed by atoms with Crippen molar-refractivity contribution in [1.82, 2.24) is 29.4 Å². The van der Waals surface area contributed by atoms with Crippen LogP contribution in [0.1, 0.15) is 49.1 Å². The van der Waals surface area contributed by atoms with Crippen molar-refractivity contribution in [2.24, 2.45) is 7.05 Å². The lowest BCUT2D eigenvalue weighted by Gasteiger charge is -2.35. The molecular formula is C35H38ClF6N9O. The van der Waals surface area contributed by atoms with E-state index in [2.05, 4.69) is 15.0 Å². The SMILES string of the molecule is CCC1CC(N(Cc2cc(C(F)(F)F)cc(C(F)(F)F)c2)c2ncc(-c3cc(C)n(C)c3)cn2)CN1c1nc(N2CCN(C(C)=O)CC2)ncc1Cl. The second kappa shape index (κ2) is 14.4. The van der Waals surface area contributed by atoms with Crippen LogP contribution in [0.3, 0.4) is 0 Å². The maximum Gasteiger partial charge on any atom is 0.416 e. The normalized spacial score (nSPS) is 18.3. The van der Waals surface area contributed by atoms with E-state index in [1.807, 2.05) is 47.5 Å². The number of carbonyl (C=O) groups excluding carboxylic acids is 1. The van der Waals surface area contributed by atoms with E-state index in [1.165, 1.54) is 13.1 Å². The molecule has 2 unspecified atom stereocenters. The van der Waals surface area contributed by atoms with Gasteiger partial charge in [-0.15, -0.1) is 0 Å². The Hall–Kier alpha value is -4.60. The fourth-order valence-corrected chi connectivity index (χ4v) is 7.01. The zero-order valence-corrected chi connectivity index (χ0v) is 29.8. The number of nitrogens with zero attached hydrogens (tertiary/aromatic N) is 9. The summed E-state index contributed by atoms with van der Waals surface area (Å²) in [5.41, 5.74) is -0.399. The van der Waals surface area contributed by atoms with E-state index < -0.39 is 29.5 Å². The number of hydrogen-bond donors (Lipinski definition) is 0. The summed E-state index contributed by atoms with van der Waals surface area (Å²) in [6.45, 7) is 7.50. The number of piperazine rings is 1. The van der Waals surface area contributed by atoms with Crippen LogP contribution in [0.15, 0.2) is 49.1 Å². The number of carbonyl (C=O) groups is 1. The van der Waals surface area contributed by atoms with Gasteiger partial charge in [-0.25, -0.2) is 15.0 Å². The molecule has 0 bridgehead atoms. The fraction of sp³-hybridized carbons (Fsp3) is 0.457. The Morgan fingerprint density at radius 2 is 1.56 bits per heavy atom. The van der Waals surface area contributed by atoms with Crippen molar-refractivity contribution in [1.29, 1.82) is 0 Å². The highest BCUT2D eigenvalue weighted by Crippen LogP contribution is 2.39. The molecule has 4 aromatic rings. The molecule has 17 heteroatoms. The van der Waals surface area contributed by atoms with Gasteiger partial charge in [-0.3, -0.25) is 4.79 Å². The number of rotatable bonds is 8. The minimum atomic E-state index is -5.00. The summed E-state index contributed by atoms with van der Waals surface area (Å²) in [5.74, 6) is 1.05. The molecule has 0 saturated carbocycles. The first-order valence-corrected chi connectivity index (χ1v) is 17.2. The molecule has 3 aromatic heterocycles. The molecule has 1 aromatic carbocycles. The Morgan fingerprint density at radius 1 is 0.923 bits per heavy atom. The van der Waals surface area contributed by atoms with E-state index in [0.29, 0.717) is 61.4 Å². The van der Waals surface area contributed by atoms with Crippen LogP contribution < -0.4 is 14.7 Å². The van der Waals surface area contributed by atoms with E-state index in [-0.39, 0.29) is 42.6 Å². The van der Waals surface area contributed by atoms with Crippen LogP contribution in [0.4, 0.5) is 44.1 Å². The van der Waals surface area contributed by atoms with E-state index in [1.54, 1.807) is 22.2 Å². The van der Waals surface area contributed by atoms with Crippen LogP contribution in [0.2, 0.25) is 5.02 Å². The van der Waals surface area contributed by atoms with E-state index in [4.69, 9.17) is 16.6 Å². The third kappa shape index (κ3) is 7.91. The Kier molecular flexibility index (Phi) is 10.3. The molecule has 0 spiro atoms. The highest BCUT2D eigenvalue weighted by atomic mass is 35.5. The Bertz CT molecular complexity index is 1860. The predicted molar refractivity (Wildman–Crippen MR) is 185 cm³/mol. The van der Waals surface area contributed by atoms with Crippen molar-refractivity contribution in [3.05, 3.63) is 76.5 Å². The first-order chi connectivity index (χ1) is 24.5. The van der Waals surface area contributed by atoms with Crippen LogP contribution >= 0.6 is 11.6 Å². The van der Waals surface area contributed by atoms with Crippen LogP contribution in [-0.4, -0.2) is 80.1 Å². The minimum Gasteiger partial charge on any atom is -0.354 e. The second-order valence-corrected chi connectivity index (χ2v) is 13.6. The average molecular weight is 750 g/mol. The summed E-state index contributed by atoms with van der Waals surface area (Å²) in [6.07, 6.45) is -2.25. The van der Waals surface area contributed by atoms with Gasteiger partial charge in [-0.1, -0.05) is 18.5 Å². The number of hydrogen-bond acceptors (Lipinski definition) is 8. The lowest BCUT2D eigenvalue weighted by molar-refractivity contribution is -0.143. The number of aryl methyl sites for hydroxylation is 2. The van der Waals surface area contributed by atoms with Crippen LogP contribution in [0.25, 0.3) is 11.1 Å². The Balaban J connectivity index is 1.35. The summed E-state index contributed by atoms with van der Waals surface area (Å²) in [4.78, 5) is 37.7. The highest BCUT2D eigenvalue weighted by Gasteiger charge is 2.40. The van der Waals surface area contributed by atoms with Gasteiger partial charge in [0.25, 0.3) is 0 Å². The van der Waals surface area contributed by atoms with Crippen molar-refractivity contribution >= 4 is 35.2 Å². The summed E-state index contributed by atoms with van der Waals surface area (Å²) >= 11 is 6.69. The molecule has 278 valence electrons. The van der Waals surface area contributed by atoms with Crippen LogP contribution in [0.5, 0.6) is 0 Å². The third-order valence-corrected chi connectivity index (χ3v) is 10.0. The van der Waals surface area contributed by atoms with E-state index >= 15 is 0 Å². The summed E-state index contributed by atoms with van der Waals surface area (Å²) in [6, 6.07) is 2.98. The lowest BCUT2D eigenvalue weighted by Crippen LogP contribution is -2.48. The number of amides is 1. The van der Waals surface area contributed by atoms with Crippen molar-refractivity contribution in [3.63, 3.8) is 0 Å². The molecule has 52 heavy (non-hydrogen) atoms. The molecule has 2 aliphatic rings. The lowest BCUT2D eigenvalue weighted by atomic mass is 10.0. The van der Waals surface area contributed by atoms with Gasteiger partial charge in [0.15, 0.2) is 5.82 Å². The number of anilines is 3. The van der Waals surface area contributed by atoms with Gasteiger partial charge in [0, 0.05) is 94.7 Å². The Labute approximate surface area is 302 Å². The predicted octanol–water partition coefficient (Wildman–Crippen LogP) is 7.00. The third-order valence-electron chi connectivity index (χ3n) is 9.78. The van der Waals surface area contributed by atoms with Gasteiger partial charge in [0.2, 0.25) is 17.8 Å². The smallest absolute Gasteiger partial charge is 0.354 e. The van der Waals surface area contributed by atoms with Gasteiger partial charge < -0.3 is 24.2 Å². The number of halogens is 7. The molecule has 2 saturated heterocycles. The quantitative estimate of drug-likeness (QED) is 0.178. The molecule has 0 radical (unpaired) electrons. The molecule has 6 rings (SSSR count). The molecule has 2 atom stereocenters. The maximum atomic E-state index is 13.9. The van der Waals surface area contributed by atoms with Crippen molar-refractivity contribution < 1.29 is 31.1 Å². The fourth-order valence-electron chi connectivity index (χ4n) is 6.81. The van der Waals surface area contributed by atoms with E-state index in [9.17, 15) is 31.1 Å². The van der Waals surface area contributed by atoms with Gasteiger partial charge in [0.1, 0.15) is 5.02 Å². The molecule has 10 nitrogen and oxygen atoms in total.